The molecule has 0 rings (SSSR count). The number of hydrogen-bond donors (Lipinski definition) is 3. The molecule has 130 valence electrons. The van der Waals surface area contributed by atoms with E-state index in [0.717, 1.165) is 0 Å². The number of esters is 2. The lowest BCUT2D eigenvalue weighted by atomic mass is 10.2. The van der Waals surface area contributed by atoms with E-state index < -0.39 is 18.0 Å². The summed E-state index contributed by atoms with van der Waals surface area (Å²) in [7, 11) is 0. The Morgan fingerprint density at radius 2 is 1.41 bits per heavy atom. The number of ether oxygens (including phenoxy) is 4. The van der Waals surface area contributed by atoms with E-state index in [2.05, 4.69) is 0 Å². The molecule has 0 aromatic heterocycles. The van der Waals surface area contributed by atoms with Gasteiger partial charge in [0.15, 0.2) is 0 Å². The summed E-state index contributed by atoms with van der Waals surface area (Å²) in [6, 6.07) is -0.906. The Balaban J connectivity index is 3.58. The summed E-state index contributed by atoms with van der Waals surface area (Å²) < 4.78 is 19.5. The third-order valence-electron chi connectivity index (χ3n) is 2.40. The third-order valence-corrected chi connectivity index (χ3v) is 2.40. The molecule has 0 bridgehead atoms. The molecule has 0 aliphatic heterocycles. The van der Waals surface area contributed by atoms with Crippen LogP contribution in [-0.2, 0) is 28.5 Å². The van der Waals surface area contributed by atoms with Crippen molar-refractivity contribution in [3.63, 3.8) is 0 Å². The van der Waals surface area contributed by atoms with E-state index in [4.69, 9.17) is 34.9 Å². The van der Waals surface area contributed by atoms with E-state index in [1.807, 2.05) is 0 Å². The lowest BCUT2D eigenvalue weighted by molar-refractivity contribution is -0.148. The van der Waals surface area contributed by atoms with Crippen molar-refractivity contribution in [2.75, 3.05) is 52.9 Å². The van der Waals surface area contributed by atoms with Crippen LogP contribution in [0.5, 0.6) is 0 Å². The van der Waals surface area contributed by atoms with Crippen molar-refractivity contribution in [3.05, 3.63) is 0 Å². The molecule has 0 amide bonds. The number of carbonyl (C=O) groups is 2. The van der Waals surface area contributed by atoms with E-state index >= 15 is 0 Å². The average Bonchev–Trinajstić information content (AvgIpc) is 2.52. The number of nitrogens with two attached hydrogens (primary N) is 1. The van der Waals surface area contributed by atoms with Crippen molar-refractivity contribution in [1.29, 1.82) is 0 Å². The van der Waals surface area contributed by atoms with Crippen molar-refractivity contribution in [3.8, 4) is 0 Å². The molecule has 0 aromatic rings. The van der Waals surface area contributed by atoms with Gasteiger partial charge in [-0.2, -0.15) is 0 Å². The van der Waals surface area contributed by atoms with Crippen molar-refractivity contribution >= 4 is 11.9 Å². The standard InChI is InChI=1S/C13H25NO8/c14-11(13(18)22-10-8-20-6-4-16)1-2-12(17)21-9-7-19-5-3-15/h11,15-16H,1-10,14H2/t11-/m0/s1. The molecule has 0 radical (unpaired) electrons. The first-order valence-electron chi connectivity index (χ1n) is 7.06. The van der Waals surface area contributed by atoms with Crippen LogP contribution in [0, 0.1) is 0 Å². The summed E-state index contributed by atoms with van der Waals surface area (Å²) in [5.41, 5.74) is 5.59. The molecule has 4 N–H and O–H groups in total. The molecule has 0 saturated heterocycles. The average molecular weight is 323 g/mol. The molecule has 0 aliphatic carbocycles. The maximum absolute atomic E-state index is 11.5. The largest absolute Gasteiger partial charge is 0.463 e. The van der Waals surface area contributed by atoms with Crippen LogP contribution in [0.2, 0.25) is 0 Å². The predicted molar refractivity (Wildman–Crippen MR) is 74.9 cm³/mol. The maximum Gasteiger partial charge on any atom is 0.323 e. The first-order chi connectivity index (χ1) is 10.6. The first-order valence-corrected chi connectivity index (χ1v) is 7.06. The molecule has 0 saturated carbocycles. The second-order valence-corrected chi connectivity index (χ2v) is 4.21. The van der Waals surface area contributed by atoms with Crippen LogP contribution in [0.1, 0.15) is 12.8 Å². The van der Waals surface area contributed by atoms with E-state index in [9.17, 15) is 9.59 Å². The molecular weight excluding hydrogens is 298 g/mol. The Kier molecular flexibility index (Phi) is 13.8. The van der Waals surface area contributed by atoms with Crippen LogP contribution in [0.25, 0.3) is 0 Å². The van der Waals surface area contributed by atoms with E-state index in [-0.39, 0.29) is 65.7 Å². The van der Waals surface area contributed by atoms with E-state index in [1.54, 1.807) is 0 Å². The highest BCUT2D eigenvalue weighted by molar-refractivity contribution is 5.77. The van der Waals surface area contributed by atoms with Gasteiger partial charge >= 0.3 is 11.9 Å². The zero-order chi connectivity index (χ0) is 16.6. The van der Waals surface area contributed by atoms with E-state index in [1.165, 1.54) is 0 Å². The predicted octanol–water partition coefficient (Wildman–Crippen LogP) is -1.80. The molecule has 1 atom stereocenters. The van der Waals surface area contributed by atoms with Gasteiger partial charge in [-0.3, -0.25) is 9.59 Å². The molecule has 0 aromatic carbocycles. The van der Waals surface area contributed by atoms with Crippen LogP contribution in [-0.4, -0.2) is 81.0 Å². The van der Waals surface area contributed by atoms with Gasteiger partial charge < -0.3 is 34.9 Å². The fourth-order valence-corrected chi connectivity index (χ4v) is 1.32. The topological polar surface area (TPSA) is 138 Å². The first kappa shape index (κ1) is 20.7. The summed E-state index contributed by atoms with van der Waals surface area (Å²) in [6.45, 7) is 0.688. The van der Waals surface area contributed by atoms with Crippen LogP contribution in [0.15, 0.2) is 0 Å². The molecule has 9 heteroatoms. The van der Waals surface area contributed by atoms with Crippen molar-refractivity contribution in [2.45, 2.75) is 18.9 Å². The molecule has 0 unspecified atom stereocenters. The molecule has 0 fully saturated rings. The van der Waals surface area contributed by atoms with Gasteiger partial charge in [-0.05, 0) is 6.42 Å². The fraction of sp³-hybridized carbons (Fsp3) is 0.846. The molecule has 22 heavy (non-hydrogen) atoms. The van der Waals surface area contributed by atoms with Crippen molar-refractivity contribution < 1.29 is 38.7 Å². The Bertz CT molecular complexity index is 300. The zero-order valence-electron chi connectivity index (χ0n) is 12.6. The Hall–Kier alpha value is -1.26. The van der Waals surface area contributed by atoms with Gasteiger partial charge in [0.2, 0.25) is 0 Å². The number of aliphatic hydroxyl groups is 2. The number of aliphatic hydroxyl groups excluding tert-OH is 2. The van der Waals surface area contributed by atoms with Gasteiger partial charge in [0.1, 0.15) is 19.3 Å². The van der Waals surface area contributed by atoms with Crippen LogP contribution < -0.4 is 5.73 Å². The highest BCUT2D eigenvalue weighted by Crippen LogP contribution is 1.99. The molecule has 0 spiro atoms. The van der Waals surface area contributed by atoms with Crippen molar-refractivity contribution in [1.82, 2.24) is 0 Å². The van der Waals surface area contributed by atoms with Crippen molar-refractivity contribution in [2.24, 2.45) is 5.73 Å². The smallest absolute Gasteiger partial charge is 0.323 e. The number of carbonyl (C=O) groups excluding carboxylic acids is 2. The fourth-order valence-electron chi connectivity index (χ4n) is 1.32. The zero-order valence-corrected chi connectivity index (χ0v) is 12.6. The van der Waals surface area contributed by atoms with Gasteiger partial charge in [-0.15, -0.1) is 0 Å². The highest BCUT2D eigenvalue weighted by atomic mass is 16.6. The summed E-state index contributed by atoms with van der Waals surface area (Å²) >= 11 is 0. The summed E-state index contributed by atoms with van der Waals surface area (Å²) in [5, 5.41) is 16.9. The van der Waals surface area contributed by atoms with Gasteiger partial charge in [0, 0.05) is 6.42 Å². The second kappa shape index (κ2) is 14.7. The Morgan fingerprint density at radius 3 is 1.95 bits per heavy atom. The monoisotopic (exact) mass is 323 g/mol. The van der Waals surface area contributed by atoms with Crippen LogP contribution >= 0.6 is 0 Å². The molecule has 0 aliphatic rings. The minimum atomic E-state index is -0.906. The SMILES string of the molecule is N[C@@H](CCC(=O)OCCOCCO)C(=O)OCCOCCO. The highest BCUT2D eigenvalue weighted by Gasteiger charge is 2.17. The number of hydrogen-bond acceptors (Lipinski definition) is 9. The van der Waals surface area contributed by atoms with Gasteiger partial charge in [0.05, 0.1) is 39.6 Å². The third kappa shape index (κ3) is 12.5. The summed E-state index contributed by atoms with van der Waals surface area (Å²) in [4.78, 5) is 22.8. The molecular formula is C13H25NO8. The van der Waals surface area contributed by atoms with Gasteiger partial charge in [-0.25, -0.2) is 0 Å². The number of rotatable bonds is 14. The van der Waals surface area contributed by atoms with Crippen LogP contribution in [0.3, 0.4) is 0 Å². The van der Waals surface area contributed by atoms with E-state index in [0.29, 0.717) is 0 Å². The summed E-state index contributed by atoms with van der Waals surface area (Å²) in [5.74, 6) is -1.10. The van der Waals surface area contributed by atoms with Gasteiger partial charge in [-0.1, -0.05) is 0 Å². The second-order valence-electron chi connectivity index (χ2n) is 4.21. The molecule has 9 nitrogen and oxygen atoms in total. The molecule has 0 heterocycles. The Labute approximate surface area is 129 Å². The normalized spacial score (nSPS) is 12.0. The lowest BCUT2D eigenvalue weighted by Gasteiger charge is -2.11. The Morgan fingerprint density at radius 1 is 0.864 bits per heavy atom. The van der Waals surface area contributed by atoms with Crippen LogP contribution in [0.4, 0.5) is 0 Å². The maximum atomic E-state index is 11.5. The summed E-state index contributed by atoms with van der Waals surface area (Å²) in [6.07, 6.45) is 0.115. The quantitative estimate of drug-likeness (QED) is 0.249. The lowest BCUT2D eigenvalue weighted by Crippen LogP contribution is -2.33. The van der Waals surface area contributed by atoms with Gasteiger partial charge in [0.25, 0.3) is 0 Å². The minimum Gasteiger partial charge on any atom is -0.463 e. The minimum absolute atomic E-state index is 0.00270.